The number of likely N-dealkylation sites (tertiary alicyclic amines) is 1. The zero-order valence-corrected chi connectivity index (χ0v) is 25.3. The van der Waals surface area contributed by atoms with Gasteiger partial charge in [-0.1, -0.05) is 104 Å². The summed E-state index contributed by atoms with van der Waals surface area (Å²) in [6, 6.07) is 33.0. The van der Waals surface area contributed by atoms with Crippen LogP contribution in [0.3, 0.4) is 0 Å². The van der Waals surface area contributed by atoms with Gasteiger partial charge >= 0.3 is 5.97 Å². The minimum absolute atomic E-state index is 0.0956. The van der Waals surface area contributed by atoms with Crippen molar-refractivity contribution < 1.29 is 14.6 Å². The molecule has 218 valence electrons. The molecule has 0 amide bonds. The quantitative estimate of drug-likeness (QED) is 0.195. The maximum absolute atomic E-state index is 13.4. The molecule has 0 unspecified atom stereocenters. The summed E-state index contributed by atoms with van der Waals surface area (Å²) in [4.78, 5) is 15.8. The summed E-state index contributed by atoms with van der Waals surface area (Å²) in [5, 5.41) is 18.5. The third-order valence-electron chi connectivity index (χ3n) is 7.98. The summed E-state index contributed by atoms with van der Waals surface area (Å²) in [7, 11) is 0. The average molecular weight is 573 g/mol. The molecule has 5 nitrogen and oxygen atoms in total. The molecule has 1 aliphatic rings. The normalized spacial score (nSPS) is 14.8. The standard InChI is InChI=1S/C32H36N2O2.C3H8OS/c1-2-3-25-36-30(35)31(27-13-7-4-8-14-27)19-22-34(23-20-31)24-21-32(26-33,28-15-9-5-10-16-28)29-17-11-6-12-18-29;1-5-3-2-4/h4-18H,2-3,19-25H2,1H3;4H,2-3H2,1H3. The number of rotatable bonds is 12. The highest BCUT2D eigenvalue weighted by Crippen LogP contribution is 2.39. The lowest BCUT2D eigenvalue weighted by Gasteiger charge is -2.41. The van der Waals surface area contributed by atoms with Gasteiger partial charge in [0.2, 0.25) is 0 Å². The van der Waals surface area contributed by atoms with Crippen molar-refractivity contribution in [2.75, 3.05) is 44.9 Å². The summed E-state index contributed by atoms with van der Waals surface area (Å²) >= 11 is 1.65. The molecule has 4 rings (SSSR count). The molecule has 0 atom stereocenters. The van der Waals surface area contributed by atoms with Crippen molar-refractivity contribution in [1.29, 1.82) is 5.26 Å². The number of nitriles is 1. The first-order chi connectivity index (χ1) is 20.1. The number of ether oxygens (including phenoxy) is 1. The van der Waals surface area contributed by atoms with Crippen LogP contribution in [0.5, 0.6) is 0 Å². The van der Waals surface area contributed by atoms with Crippen molar-refractivity contribution in [1.82, 2.24) is 4.90 Å². The van der Waals surface area contributed by atoms with Gasteiger partial charge in [-0.3, -0.25) is 4.79 Å². The monoisotopic (exact) mass is 572 g/mol. The minimum Gasteiger partial charge on any atom is -0.465 e. The number of thioether (sulfide) groups is 1. The van der Waals surface area contributed by atoms with E-state index in [-0.39, 0.29) is 5.97 Å². The van der Waals surface area contributed by atoms with Crippen LogP contribution in [0.1, 0.15) is 55.7 Å². The molecule has 1 fully saturated rings. The Morgan fingerprint density at radius 2 is 1.51 bits per heavy atom. The maximum atomic E-state index is 13.4. The lowest BCUT2D eigenvalue weighted by Crippen LogP contribution is -2.49. The van der Waals surface area contributed by atoms with Gasteiger partial charge in [-0.25, -0.2) is 0 Å². The number of hydrogen-bond donors (Lipinski definition) is 1. The van der Waals surface area contributed by atoms with Gasteiger partial charge in [-0.2, -0.15) is 17.0 Å². The molecular formula is C35H44N2O3S. The molecule has 3 aromatic carbocycles. The summed E-state index contributed by atoms with van der Waals surface area (Å²) in [5.74, 6) is 0.766. The molecule has 0 aromatic heterocycles. The van der Waals surface area contributed by atoms with Crippen LogP contribution in [0, 0.1) is 11.3 Å². The van der Waals surface area contributed by atoms with E-state index in [1.165, 1.54) is 0 Å². The van der Waals surface area contributed by atoms with Crippen molar-refractivity contribution in [3.05, 3.63) is 108 Å². The fourth-order valence-electron chi connectivity index (χ4n) is 5.48. The molecule has 41 heavy (non-hydrogen) atoms. The number of nitrogens with zero attached hydrogens (tertiary/aromatic N) is 2. The third-order valence-corrected chi connectivity index (χ3v) is 8.57. The Bertz CT molecular complexity index is 1150. The van der Waals surface area contributed by atoms with Gasteiger partial charge in [0.25, 0.3) is 0 Å². The van der Waals surface area contributed by atoms with Gasteiger partial charge in [0.1, 0.15) is 5.41 Å². The first kappa shape index (κ1) is 32.4. The van der Waals surface area contributed by atoms with Crippen molar-refractivity contribution in [3.8, 4) is 6.07 Å². The number of benzene rings is 3. The second-order valence-electron chi connectivity index (χ2n) is 10.5. The second-order valence-corrected chi connectivity index (χ2v) is 11.5. The van der Waals surface area contributed by atoms with E-state index in [1.54, 1.807) is 11.8 Å². The molecule has 0 spiro atoms. The Hall–Kier alpha value is -3.11. The van der Waals surface area contributed by atoms with Crippen molar-refractivity contribution in [3.63, 3.8) is 0 Å². The minimum atomic E-state index is -0.713. The Kier molecular flexibility index (Phi) is 13.4. The molecule has 6 heteroatoms. The molecule has 1 saturated heterocycles. The van der Waals surface area contributed by atoms with Gasteiger partial charge in [0.15, 0.2) is 0 Å². The molecule has 0 saturated carbocycles. The Morgan fingerprint density at radius 3 is 1.95 bits per heavy atom. The predicted molar refractivity (Wildman–Crippen MR) is 169 cm³/mol. The van der Waals surface area contributed by atoms with Crippen LogP contribution < -0.4 is 0 Å². The number of aliphatic hydroxyl groups is 1. The van der Waals surface area contributed by atoms with Crippen molar-refractivity contribution in [2.24, 2.45) is 0 Å². The van der Waals surface area contributed by atoms with Crippen molar-refractivity contribution >= 4 is 17.7 Å². The molecule has 0 aliphatic carbocycles. The fraction of sp³-hybridized carbons (Fsp3) is 0.429. The first-order valence-corrected chi connectivity index (χ1v) is 16.0. The number of carbonyl (C=O) groups excluding carboxylic acids is 1. The van der Waals surface area contributed by atoms with Crippen molar-refractivity contribution in [2.45, 2.75) is 49.9 Å². The van der Waals surface area contributed by atoms with Gasteiger partial charge in [0, 0.05) is 12.3 Å². The summed E-state index contributed by atoms with van der Waals surface area (Å²) in [6.07, 6.45) is 5.99. The molecular weight excluding hydrogens is 528 g/mol. The summed E-state index contributed by atoms with van der Waals surface area (Å²) in [5.41, 5.74) is 1.78. The van der Waals surface area contributed by atoms with E-state index in [0.29, 0.717) is 19.6 Å². The van der Waals surface area contributed by atoms with Gasteiger partial charge < -0.3 is 14.7 Å². The topological polar surface area (TPSA) is 73.6 Å². The largest absolute Gasteiger partial charge is 0.465 e. The van der Waals surface area contributed by atoms with E-state index in [1.807, 2.05) is 60.9 Å². The van der Waals surface area contributed by atoms with E-state index >= 15 is 0 Å². The first-order valence-electron chi connectivity index (χ1n) is 14.6. The predicted octanol–water partition coefficient (Wildman–Crippen LogP) is 6.61. The van der Waals surface area contributed by atoms with E-state index in [2.05, 4.69) is 54.3 Å². The van der Waals surface area contributed by atoms with E-state index in [9.17, 15) is 10.1 Å². The molecule has 1 heterocycles. The lowest BCUT2D eigenvalue weighted by atomic mass is 9.71. The smallest absolute Gasteiger partial charge is 0.316 e. The number of unbranched alkanes of at least 4 members (excludes halogenated alkanes) is 1. The van der Waals surface area contributed by atoms with E-state index in [0.717, 1.165) is 67.8 Å². The molecule has 3 aromatic rings. The van der Waals surface area contributed by atoms with E-state index in [4.69, 9.17) is 9.84 Å². The van der Waals surface area contributed by atoms with Crippen LogP contribution >= 0.6 is 11.8 Å². The highest BCUT2D eigenvalue weighted by Gasteiger charge is 2.44. The molecule has 0 bridgehead atoms. The average Bonchev–Trinajstić information content (AvgIpc) is 3.04. The van der Waals surface area contributed by atoms with Crippen LogP contribution in [0.25, 0.3) is 0 Å². The lowest BCUT2D eigenvalue weighted by molar-refractivity contribution is -0.153. The SMILES string of the molecule is CCCCOC(=O)C1(c2ccccc2)CCN(CCC(C#N)(c2ccccc2)c2ccccc2)CC1.CSCCO. The summed E-state index contributed by atoms with van der Waals surface area (Å²) in [6.45, 7) is 5.26. The van der Waals surface area contributed by atoms with Gasteiger partial charge in [0.05, 0.1) is 24.7 Å². The Balaban J connectivity index is 0.000000850. The molecule has 0 radical (unpaired) electrons. The Morgan fingerprint density at radius 1 is 0.976 bits per heavy atom. The maximum Gasteiger partial charge on any atom is 0.316 e. The fourth-order valence-corrected chi connectivity index (χ4v) is 5.66. The highest BCUT2D eigenvalue weighted by molar-refractivity contribution is 7.98. The third kappa shape index (κ3) is 8.45. The number of hydrogen-bond acceptors (Lipinski definition) is 6. The van der Waals surface area contributed by atoms with Crippen LogP contribution in [-0.4, -0.2) is 60.8 Å². The van der Waals surface area contributed by atoms with Crippen LogP contribution in [-0.2, 0) is 20.4 Å². The zero-order chi connectivity index (χ0) is 29.4. The number of carbonyl (C=O) groups is 1. The van der Waals surface area contributed by atoms with Gasteiger partial charge in [-0.15, -0.1) is 0 Å². The molecule has 1 N–H and O–H groups in total. The van der Waals surface area contributed by atoms with Crippen LogP contribution in [0.15, 0.2) is 91.0 Å². The Labute approximate surface area is 250 Å². The van der Waals surface area contributed by atoms with Crippen LogP contribution in [0.4, 0.5) is 0 Å². The zero-order valence-electron chi connectivity index (χ0n) is 24.5. The number of aliphatic hydroxyl groups excluding tert-OH is 1. The summed E-state index contributed by atoms with van der Waals surface area (Å²) < 4.78 is 5.76. The number of piperidine rings is 1. The number of esters is 1. The van der Waals surface area contributed by atoms with E-state index < -0.39 is 10.8 Å². The highest BCUT2D eigenvalue weighted by atomic mass is 32.2. The van der Waals surface area contributed by atoms with Crippen LogP contribution in [0.2, 0.25) is 0 Å². The van der Waals surface area contributed by atoms with Gasteiger partial charge in [-0.05, 0) is 61.7 Å². The second kappa shape index (κ2) is 17.0. The molecule has 1 aliphatic heterocycles.